The normalized spacial score (nSPS) is 23.5. The van der Waals surface area contributed by atoms with Crippen LogP contribution in [-0.2, 0) is 49.6 Å². The molecule has 23 nitrogen and oxygen atoms in total. The zero-order valence-corrected chi connectivity index (χ0v) is 44.8. The lowest BCUT2D eigenvalue weighted by molar-refractivity contribution is -0.136. The van der Waals surface area contributed by atoms with Gasteiger partial charge in [-0.05, 0) is 121 Å². The van der Waals surface area contributed by atoms with Crippen molar-refractivity contribution in [1.82, 2.24) is 31.9 Å². The highest BCUT2D eigenvalue weighted by molar-refractivity contribution is 6.01. The minimum atomic E-state index is -1.41. The van der Waals surface area contributed by atoms with Crippen molar-refractivity contribution in [2.75, 3.05) is 38.5 Å². The Morgan fingerprint density at radius 2 is 1.18 bits per heavy atom. The number of carbonyl (C=O) groups excluding carboxylic acids is 10. The third kappa shape index (κ3) is 21.5. The average Bonchev–Trinajstić information content (AvgIpc) is 3.37. The lowest BCUT2D eigenvalue weighted by Crippen LogP contribution is -2.57. The first-order valence-corrected chi connectivity index (χ1v) is 26.5. The van der Waals surface area contributed by atoms with Crippen molar-refractivity contribution in [3.8, 4) is 0 Å². The minimum Gasteiger partial charge on any atom is -0.399 e. The van der Waals surface area contributed by atoms with E-state index in [-0.39, 0.29) is 89.2 Å². The van der Waals surface area contributed by atoms with Crippen LogP contribution in [0.1, 0.15) is 108 Å². The van der Waals surface area contributed by atoms with Gasteiger partial charge < -0.3 is 70.8 Å². The lowest BCUT2D eigenvalue weighted by atomic mass is 9.89. The smallest absolute Gasteiger partial charge is 0.243 e. The van der Waals surface area contributed by atoms with E-state index >= 15 is 0 Å². The molecule has 2 unspecified atom stereocenters. The molecule has 2 aromatic carbocycles. The van der Waals surface area contributed by atoms with Crippen LogP contribution in [0.25, 0.3) is 0 Å². The van der Waals surface area contributed by atoms with Crippen LogP contribution in [0, 0.1) is 29.6 Å². The fourth-order valence-corrected chi connectivity index (χ4v) is 9.05. The van der Waals surface area contributed by atoms with Crippen molar-refractivity contribution in [2.24, 2.45) is 52.5 Å². The highest BCUT2D eigenvalue weighted by atomic mass is 16.3. The van der Waals surface area contributed by atoms with Gasteiger partial charge in [-0.3, -0.25) is 47.9 Å². The first-order valence-electron chi connectivity index (χ1n) is 26.5. The third-order valence-corrected chi connectivity index (χ3v) is 13.6. The molecule has 0 aliphatic carbocycles. The summed E-state index contributed by atoms with van der Waals surface area (Å²) < 4.78 is 0. The number of carbonyl (C=O) groups is 10. The molecule has 0 bridgehead atoms. The summed E-state index contributed by atoms with van der Waals surface area (Å²) in [6.45, 7) is 5.55. The maximum atomic E-state index is 14.5. The van der Waals surface area contributed by atoms with E-state index in [1.165, 1.54) is 38.1 Å². The molecule has 0 spiro atoms. The summed E-state index contributed by atoms with van der Waals surface area (Å²) in [5.74, 6) is -12.5. The second-order valence-electron chi connectivity index (χ2n) is 20.4. The van der Waals surface area contributed by atoms with Crippen LogP contribution in [0.15, 0.2) is 54.6 Å². The summed E-state index contributed by atoms with van der Waals surface area (Å²) in [7, 11) is 0. The topological polar surface area (TPSA) is 413 Å². The average molecular weight is 1080 g/mol. The monoisotopic (exact) mass is 1080 g/mol. The quantitative estimate of drug-likeness (QED) is 0.0475. The van der Waals surface area contributed by atoms with Crippen LogP contribution < -0.4 is 60.6 Å². The zero-order chi connectivity index (χ0) is 57.4. The second kappa shape index (κ2) is 32.9. The van der Waals surface area contributed by atoms with Crippen LogP contribution in [0.5, 0.6) is 0 Å². The summed E-state index contributed by atoms with van der Waals surface area (Å²) in [4.78, 5) is 140. The molecule has 1 aliphatic heterocycles. The van der Waals surface area contributed by atoms with Crippen molar-refractivity contribution in [3.63, 3.8) is 0 Å². The van der Waals surface area contributed by atoms with Gasteiger partial charge in [0.25, 0.3) is 0 Å². The number of ketones is 4. The Morgan fingerprint density at radius 3 is 1.74 bits per heavy atom. The first kappa shape index (κ1) is 64.8. The fourth-order valence-electron chi connectivity index (χ4n) is 9.05. The predicted molar refractivity (Wildman–Crippen MR) is 288 cm³/mol. The summed E-state index contributed by atoms with van der Waals surface area (Å²) in [5, 5.41) is 37.5. The van der Waals surface area contributed by atoms with E-state index in [0.29, 0.717) is 11.3 Å². The molecular formula is C54H83N11O12. The molecule has 1 saturated heterocycles. The van der Waals surface area contributed by atoms with Crippen LogP contribution in [-0.4, -0.2) is 144 Å². The van der Waals surface area contributed by atoms with E-state index in [9.17, 15) is 58.2 Å². The Kier molecular flexibility index (Phi) is 27.7. The molecule has 11 atom stereocenters. The molecule has 2 aromatic rings. The number of anilines is 1. The van der Waals surface area contributed by atoms with Crippen molar-refractivity contribution in [3.05, 3.63) is 65.7 Å². The van der Waals surface area contributed by atoms with Crippen molar-refractivity contribution in [2.45, 2.75) is 141 Å². The van der Waals surface area contributed by atoms with Gasteiger partial charge in [-0.2, -0.15) is 0 Å². The van der Waals surface area contributed by atoms with Gasteiger partial charge in [0.2, 0.25) is 35.4 Å². The number of aliphatic hydroxyl groups is 2. The molecule has 0 aromatic heterocycles. The van der Waals surface area contributed by atoms with Gasteiger partial charge in [-0.25, -0.2) is 0 Å². The number of nitrogens with two attached hydrogens (primary N) is 5. The number of benzene rings is 2. The molecule has 77 heavy (non-hydrogen) atoms. The summed E-state index contributed by atoms with van der Waals surface area (Å²) in [6, 6.07) is 8.34. The number of Topliss-reactive ketones (excluding diaryl/α,β-unsaturated/α-hetero) is 4. The number of hydrogen-bond acceptors (Lipinski definition) is 17. The van der Waals surface area contributed by atoms with E-state index < -0.39 is 150 Å². The van der Waals surface area contributed by atoms with Gasteiger partial charge in [0, 0.05) is 55.3 Å². The van der Waals surface area contributed by atoms with E-state index in [0.717, 1.165) is 0 Å². The van der Waals surface area contributed by atoms with Gasteiger partial charge in [0.15, 0.2) is 23.1 Å². The van der Waals surface area contributed by atoms with Crippen molar-refractivity contribution < 1.29 is 58.2 Å². The summed E-state index contributed by atoms with van der Waals surface area (Å²) in [6.07, 6.45) is -5.37. The number of nitrogen functional groups attached to an aromatic ring is 1. The van der Waals surface area contributed by atoms with Gasteiger partial charge >= 0.3 is 0 Å². The van der Waals surface area contributed by atoms with Gasteiger partial charge in [0.1, 0.15) is 12.1 Å². The predicted octanol–water partition coefficient (Wildman–Crippen LogP) is -1.43. The molecule has 1 heterocycles. The van der Waals surface area contributed by atoms with E-state index in [1.54, 1.807) is 30.3 Å². The standard InChI is InChI=1S/C54H83N11O12/c1-30(2)24-44-54(77)64-43(17-22-58)53(76)63-42(16-21-57)48(71)29-38(31(3)66)51(74)60-23-18-35(49(72)61-40(14-19-55)47(70)27-36(50(73)65-44)25-33-8-6-5-7-9-33)26-46(69)41(15-20-56)62-52(75)39(32(4)67)28-45(68)34-10-12-37(59)13-11-34/h5-13,30-32,35-36,38-44,66-67H,14-29,55-59H2,1-4H3,(H,60,74)(H,61,72)(H,62,75)(H,63,76)(H,64,77)(H,65,73)/t31?,32?,35-,36+,38+,39+,40+,41+,42+,43+,44+/m1/s1. The van der Waals surface area contributed by atoms with Gasteiger partial charge in [-0.1, -0.05) is 44.2 Å². The summed E-state index contributed by atoms with van der Waals surface area (Å²) in [5.41, 5.74) is 30.7. The Hall–Kier alpha value is -6.50. The molecule has 18 N–H and O–H groups in total. The van der Waals surface area contributed by atoms with Crippen LogP contribution in [0.4, 0.5) is 5.69 Å². The number of aliphatic hydroxyl groups excluding tert-OH is 2. The van der Waals surface area contributed by atoms with E-state index in [4.69, 9.17) is 28.7 Å². The second-order valence-corrected chi connectivity index (χ2v) is 20.4. The maximum Gasteiger partial charge on any atom is 0.243 e. The number of rotatable bonds is 22. The molecule has 6 amide bonds. The third-order valence-electron chi connectivity index (χ3n) is 13.6. The Bertz CT molecular complexity index is 2300. The SMILES string of the molecule is CC(C)C[C@@H]1NC(=O)[C@@H](Cc2ccccc2)CC(=O)[C@H](CCN)NC(=O)[C@@H](CC(=O)[C@H](CCN)NC(=O)[C@@H](CC(=O)c2ccc(N)cc2)C(C)O)CCNC(=O)[C@H](C(C)O)CC(=O)[C@H](CCN)NC(=O)[C@H](CCN)NC1=O. The molecule has 0 saturated carbocycles. The Morgan fingerprint density at radius 1 is 0.649 bits per heavy atom. The Balaban J connectivity index is 2.11. The number of amides is 6. The highest BCUT2D eigenvalue weighted by Gasteiger charge is 2.37. The first-order chi connectivity index (χ1) is 36.5. The maximum absolute atomic E-state index is 14.5. The lowest BCUT2D eigenvalue weighted by Gasteiger charge is -2.28. The number of hydrogen-bond donors (Lipinski definition) is 13. The fraction of sp³-hybridized carbons (Fsp3) is 0.593. The van der Waals surface area contributed by atoms with Crippen LogP contribution in [0.3, 0.4) is 0 Å². The van der Waals surface area contributed by atoms with Gasteiger partial charge in [-0.15, -0.1) is 0 Å². The molecule has 1 aliphatic rings. The molecule has 1 fully saturated rings. The van der Waals surface area contributed by atoms with E-state index in [2.05, 4.69) is 31.9 Å². The molecule has 0 radical (unpaired) electrons. The molecule has 3 rings (SSSR count). The Labute approximate surface area is 450 Å². The van der Waals surface area contributed by atoms with Crippen molar-refractivity contribution >= 4 is 64.3 Å². The summed E-state index contributed by atoms with van der Waals surface area (Å²) >= 11 is 0. The minimum absolute atomic E-state index is 0.0243. The zero-order valence-electron chi connectivity index (χ0n) is 44.8. The van der Waals surface area contributed by atoms with Crippen LogP contribution >= 0.6 is 0 Å². The molecule has 23 heteroatoms. The van der Waals surface area contributed by atoms with Gasteiger partial charge in [0.05, 0.1) is 42.2 Å². The molecule has 426 valence electrons. The van der Waals surface area contributed by atoms with Crippen LogP contribution in [0.2, 0.25) is 0 Å². The number of nitrogens with one attached hydrogen (secondary N) is 6. The van der Waals surface area contributed by atoms with Crippen molar-refractivity contribution in [1.29, 1.82) is 0 Å². The largest absolute Gasteiger partial charge is 0.399 e. The molecular weight excluding hydrogens is 995 g/mol. The van der Waals surface area contributed by atoms with E-state index in [1.807, 2.05) is 13.8 Å². The highest BCUT2D eigenvalue weighted by Crippen LogP contribution is 2.22.